The number of benzene rings is 2. The summed E-state index contributed by atoms with van der Waals surface area (Å²) in [5, 5.41) is 8.32. The zero-order valence-electron chi connectivity index (χ0n) is 16.6. The Kier molecular flexibility index (Phi) is 7.25. The number of nitrogens with one attached hydrogen (secondary N) is 3. The normalized spacial score (nSPS) is 19.1. The van der Waals surface area contributed by atoms with E-state index in [2.05, 4.69) is 16.0 Å². The highest BCUT2D eigenvalue weighted by Crippen LogP contribution is 2.12. The van der Waals surface area contributed by atoms with Crippen molar-refractivity contribution in [1.82, 2.24) is 16.0 Å². The van der Waals surface area contributed by atoms with Crippen molar-refractivity contribution in [2.75, 3.05) is 0 Å². The predicted molar refractivity (Wildman–Crippen MR) is 115 cm³/mol. The molecule has 1 fully saturated rings. The summed E-state index contributed by atoms with van der Waals surface area (Å²) < 4.78 is 0. The summed E-state index contributed by atoms with van der Waals surface area (Å²) in [4.78, 5) is 49.0. The summed E-state index contributed by atoms with van der Waals surface area (Å²) in [5.74, 6) is -2.10. The first-order chi connectivity index (χ1) is 14.8. The lowest BCUT2D eigenvalue weighted by Crippen LogP contribution is -2.63. The number of nitrogens with two attached hydrogens (primary N) is 1. The second-order valence-electron chi connectivity index (χ2n) is 7.37. The van der Waals surface area contributed by atoms with Crippen molar-refractivity contribution in [3.05, 3.63) is 70.7 Å². The maximum Gasteiger partial charge on any atom is 0.243 e. The summed E-state index contributed by atoms with van der Waals surface area (Å²) in [6, 6.07) is 13.4. The van der Waals surface area contributed by atoms with Gasteiger partial charge in [-0.3, -0.25) is 19.2 Å². The van der Waals surface area contributed by atoms with Crippen LogP contribution in [0.4, 0.5) is 0 Å². The molecule has 162 valence electrons. The van der Waals surface area contributed by atoms with Gasteiger partial charge in [-0.05, 0) is 23.3 Å². The SMILES string of the molecule is NC(=O)[C@@H](Cc1ccc(Cl)cc1)NC(=O)C[C@@H]1NC(=O)[C@H](Cc2ccccc2)NC1=O. The Balaban J connectivity index is 1.55. The molecule has 9 heteroatoms. The third-order valence-corrected chi connectivity index (χ3v) is 5.22. The molecule has 0 bridgehead atoms. The van der Waals surface area contributed by atoms with Gasteiger partial charge in [0.15, 0.2) is 0 Å². The van der Waals surface area contributed by atoms with E-state index < -0.39 is 35.8 Å². The van der Waals surface area contributed by atoms with Gasteiger partial charge in [0.1, 0.15) is 18.1 Å². The zero-order chi connectivity index (χ0) is 22.4. The number of halogens is 1. The minimum Gasteiger partial charge on any atom is -0.368 e. The van der Waals surface area contributed by atoms with Crippen LogP contribution in [0.3, 0.4) is 0 Å². The Morgan fingerprint density at radius 1 is 0.935 bits per heavy atom. The molecule has 1 heterocycles. The molecule has 0 aromatic heterocycles. The fourth-order valence-corrected chi connectivity index (χ4v) is 3.46. The largest absolute Gasteiger partial charge is 0.368 e. The molecule has 3 atom stereocenters. The Morgan fingerprint density at radius 2 is 1.55 bits per heavy atom. The van der Waals surface area contributed by atoms with Crippen molar-refractivity contribution in [2.24, 2.45) is 5.73 Å². The fourth-order valence-electron chi connectivity index (χ4n) is 3.33. The Bertz CT molecular complexity index is 965. The number of piperazine rings is 1. The lowest BCUT2D eigenvalue weighted by Gasteiger charge is -2.29. The molecule has 8 nitrogen and oxygen atoms in total. The van der Waals surface area contributed by atoms with Crippen LogP contribution in [0.5, 0.6) is 0 Å². The van der Waals surface area contributed by atoms with Crippen molar-refractivity contribution in [2.45, 2.75) is 37.4 Å². The van der Waals surface area contributed by atoms with E-state index in [-0.39, 0.29) is 18.7 Å². The first-order valence-electron chi connectivity index (χ1n) is 9.79. The van der Waals surface area contributed by atoms with Crippen molar-refractivity contribution >= 4 is 35.2 Å². The molecule has 0 unspecified atom stereocenters. The van der Waals surface area contributed by atoms with Crippen molar-refractivity contribution in [1.29, 1.82) is 0 Å². The van der Waals surface area contributed by atoms with Crippen molar-refractivity contribution in [3.63, 3.8) is 0 Å². The van der Waals surface area contributed by atoms with Crippen LogP contribution in [0.15, 0.2) is 54.6 Å². The summed E-state index contributed by atoms with van der Waals surface area (Å²) in [6.07, 6.45) is 0.225. The molecule has 2 aromatic rings. The van der Waals surface area contributed by atoms with Gasteiger partial charge in [-0.15, -0.1) is 0 Å². The van der Waals surface area contributed by atoms with E-state index >= 15 is 0 Å². The van der Waals surface area contributed by atoms with Crippen LogP contribution in [-0.4, -0.2) is 41.8 Å². The first kappa shape index (κ1) is 22.3. The third-order valence-electron chi connectivity index (χ3n) is 4.97. The smallest absolute Gasteiger partial charge is 0.243 e. The number of primary amides is 1. The Hall–Kier alpha value is -3.39. The van der Waals surface area contributed by atoms with Crippen LogP contribution in [0.25, 0.3) is 0 Å². The summed E-state index contributed by atoms with van der Waals surface area (Å²) in [7, 11) is 0. The minimum atomic E-state index is -1.02. The monoisotopic (exact) mass is 442 g/mol. The maximum atomic E-state index is 12.4. The van der Waals surface area contributed by atoms with Gasteiger partial charge in [-0.25, -0.2) is 0 Å². The maximum absolute atomic E-state index is 12.4. The molecular formula is C22H23ClN4O4. The molecule has 5 N–H and O–H groups in total. The van der Waals surface area contributed by atoms with Gasteiger partial charge in [0.2, 0.25) is 23.6 Å². The lowest BCUT2D eigenvalue weighted by molar-refractivity contribution is -0.138. The van der Waals surface area contributed by atoms with E-state index in [1.54, 1.807) is 24.3 Å². The number of hydrogen-bond acceptors (Lipinski definition) is 4. The molecule has 3 rings (SSSR count). The summed E-state index contributed by atoms with van der Waals surface area (Å²) in [5.41, 5.74) is 7.08. The molecule has 4 amide bonds. The van der Waals surface area contributed by atoms with E-state index in [0.717, 1.165) is 11.1 Å². The average Bonchev–Trinajstić information content (AvgIpc) is 2.73. The quantitative estimate of drug-likeness (QED) is 0.473. The number of hydrogen-bond donors (Lipinski definition) is 4. The first-order valence-corrected chi connectivity index (χ1v) is 10.2. The molecule has 0 aliphatic carbocycles. The van der Waals surface area contributed by atoms with Crippen LogP contribution < -0.4 is 21.7 Å². The summed E-state index contributed by atoms with van der Waals surface area (Å²) in [6.45, 7) is 0. The molecule has 1 aliphatic rings. The van der Waals surface area contributed by atoms with Crippen molar-refractivity contribution in [3.8, 4) is 0 Å². The molecule has 1 aliphatic heterocycles. The highest BCUT2D eigenvalue weighted by molar-refractivity contribution is 6.30. The van der Waals surface area contributed by atoms with Gasteiger partial charge in [-0.1, -0.05) is 54.1 Å². The van der Waals surface area contributed by atoms with Gasteiger partial charge in [0.25, 0.3) is 0 Å². The van der Waals surface area contributed by atoms with E-state index in [4.69, 9.17) is 17.3 Å². The lowest BCUT2D eigenvalue weighted by atomic mass is 10.0. The topological polar surface area (TPSA) is 130 Å². The minimum absolute atomic E-state index is 0.181. The van der Waals surface area contributed by atoms with Crippen LogP contribution in [-0.2, 0) is 32.0 Å². The molecule has 0 spiro atoms. The molecule has 0 radical (unpaired) electrons. The highest BCUT2D eigenvalue weighted by atomic mass is 35.5. The number of carbonyl (C=O) groups excluding carboxylic acids is 4. The van der Waals surface area contributed by atoms with Gasteiger partial charge in [0.05, 0.1) is 6.42 Å². The highest BCUT2D eigenvalue weighted by Gasteiger charge is 2.35. The van der Waals surface area contributed by atoms with Gasteiger partial charge in [-0.2, -0.15) is 0 Å². The Labute approximate surface area is 184 Å². The van der Waals surface area contributed by atoms with E-state index in [1.807, 2.05) is 30.3 Å². The van der Waals surface area contributed by atoms with Gasteiger partial charge in [0, 0.05) is 17.9 Å². The third kappa shape index (κ3) is 6.29. The van der Waals surface area contributed by atoms with Crippen molar-refractivity contribution < 1.29 is 19.2 Å². The standard InChI is InChI=1S/C22H23ClN4O4/c23-15-8-6-14(7-9-15)10-16(20(24)29)25-19(28)12-18-22(31)26-17(21(30)27-18)11-13-4-2-1-3-5-13/h1-9,16-18H,10-12H2,(H2,24,29)(H,25,28)(H,26,31)(H,27,30)/t16-,17+,18+/m1/s1. The van der Waals surface area contributed by atoms with Crippen LogP contribution >= 0.6 is 11.6 Å². The van der Waals surface area contributed by atoms with Gasteiger partial charge >= 0.3 is 0 Å². The zero-order valence-corrected chi connectivity index (χ0v) is 17.4. The number of amides is 4. The van der Waals surface area contributed by atoms with Crippen LogP contribution in [0.2, 0.25) is 5.02 Å². The van der Waals surface area contributed by atoms with Gasteiger partial charge < -0.3 is 21.7 Å². The molecular weight excluding hydrogens is 420 g/mol. The Morgan fingerprint density at radius 3 is 2.19 bits per heavy atom. The average molecular weight is 443 g/mol. The van der Waals surface area contributed by atoms with Crippen LogP contribution in [0.1, 0.15) is 17.5 Å². The van der Waals surface area contributed by atoms with Crippen LogP contribution in [0, 0.1) is 0 Å². The summed E-state index contributed by atoms with van der Waals surface area (Å²) >= 11 is 5.85. The number of rotatable bonds is 8. The van der Waals surface area contributed by atoms with E-state index in [1.165, 1.54) is 0 Å². The second-order valence-corrected chi connectivity index (χ2v) is 7.81. The molecule has 31 heavy (non-hydrogen) atoms. The van der Waals surface area contributed by atoms with E-state index in [9.17, 15) is 19.2 Å². The molecule has 1 saturated heterocycles. The van der Waals surface area contributed by atoms with E-state index in [0.29, 0.717) is 11.4 Å². The number of carbonyl (C=O) groups is 4. The molecule has 0 saturated carbocycles. The predicted octanol–water partition coefficient (Wildman–Crippen LogP) is 0.469. The molecule has 2 aromatic carbocycles. The fraction of sp³-hybridized carbons (Fsp3) is 0.273. The second kappa shape index (κ2) is 10.1.